The van der Waals surface area contributed by atoms with Crippen LogP contribution >= 0.6 is 0 Å². The Morgan fingerprint density at radius 1 is 0.783 bits per heavy atom. The van der Waals surface area contributed by atoms with Crippen LogP contribution in [0.3, 0.4) is 0 Å². The van der Waals surface area contributed by atoms with Crippen LogP contribution in [0.2, 0.25) is 0 Å². The van der Waals surface area contributed by atoms with Crippen LogP contribution in [0, 0.1) is 11.8 Å². The molecule has 0 aliphatic heterocycles. The second-order valence-corrected chi connectivity index (χ2v) is 14.8. The first kappa shape index (κ1) is 46.0. The van der Waals surface area contributed by atoms with Crippen LogP contribution in [-0.4, -0.2) is 49.4 Å². The molecule has 326 valence electrons. The van der Waals surface area contributed by atoms with Crippen LogP contribution < -0.4 is 14.5 Å². The molecule has 1 saturated carbocycles. The molecule has 1 atom stereocenters. The van der Waals surface area contributed by atoms with E-state index in [9.17, 15) is 44.3 Å². The predicted octanol–water partition coefficient (Wildman–Crippen LogP) is 11.1. The Morgan fingerprint density at radius 3 is 1.95 bits per heavy atom. The SMILES string of the molecule is CCN(CC1CCC(CC(=O)OCc2ccccc2)CC1)c1ccc(C(F)(F)F)cc1CN(c1ncc(OCCOC)cn1)C(C)c1cc(C(F)(F)F)cc(C(F)(F)F)c1. The van der Waals surface area contributed by atoms with Gasteiger partial charge in [0, 0.05) is 38.9 Å². The first-order chi connectivity index (χ1) is 28.3. The lowest BCUT2D eigenvalue weighted by atomic mass is 9.80. The monoisotopic (exact) mass is 854 g/mol. The topological polar surface area (TPSA) is 77.0 Å². The number of rotatable bonds is 17. The van der Waals surface area contributed by atoms with Crippen molar-refractivity contribution in [1.82, 2.24) is 9.97 Å². The van der Waals surface area contributed by atoms with Crippen molar-refractivity contribution in [1.29, 1.82) is 0 Å². The standard InChI is InChI=1S/C43H47F9N4O4/c1-4-55(25-30-12-10-29(11-13-30)18-39(57)60-27-31-8-6-5-7-9-31)38-15-14-34(41(44,45)46)21-33(38)26-56(40-53-23-37(24-54-40)59-17-16-58-3)28(2)32-19-35(42(47,48)49)22-36(20-32)43(50,51)52/h5-9,14-15,19-24,28-30H,4,10-13,16-18,25-27H2,1-3H3. The second kappa shape index (κ2) is 20.0. The lowest BCUT2D eigenvalue weighted by Crippen LogP contribution is -2.34. The summed E-state index contributed by atoms with van der Waals surface area (Å²) in [5.41, 5.74) is -3.12. The average molecular weight is 855 g/mol. The van der Waals surface area contributed by atoms with Crippen molar-refractivity contribution < 1.29 is 58.5 Å². The lowest BCUT2D eigenvalue weighted by molar-refractivity contribution is -0.146. The third-order valence-electron chi connectivity index (χ3n) is 10.6. The number of halogens is 9. The summed E-state index contributed by atoms with van der Waals surface area (Å²) in [5, 5.41) is 0. The van der Waals surface area contributed by atoms with E-state index in [2.05, 4.69) is 9.97 Å². The van der Waals surface area contributed by atoms with Crippen molar-refractivity contribution >= 4 is 17.6 Å². The first-order valence-electron chi connectivity index (χ1n) is 19.5. The summed E-state index contributed by atoms with van der Waals surface area (Å²) in [6, 6.07) is 12.4. The fraction of sp³-hybridized carbons (Fsp3) is 0.465. The summed E-state index contributed by atoms with van der Waals surface area (Å²) < 4.78 is 143. The van der Waals surface area contributed by atoms with Gasteiger partial charge in [0.2, 0.25) is 5.95 Å². The smallest absolute Gasteiger partial charge is 0.416 e. The lowest BCUT2D eigenvalue weighted by Gasteiger charge is -2.36. The summed E-state index contributed by atoms with van der Waals surface area (Å²) >= 11 is 0. The highest BCUT2D eigenvalue weighted by molar-refractivity contribution is 5.69. The van der Waals surface area contributed by atoms with Gasteiger partial charge in [0.15, 0.2) is 5.75 Å². The van der Waals surface area contributed by atoms with Gasteiger partial charge >= 0.3 is 24.5 Å². The van der Waals surface area contributed by atoms with Crippen LogP contribution in [0.5, 0.6) is 5.75 Å². The van der Waals surface area contributed by atoms with Gasteiger partial charge in [0.05, 0.1) is 41.7 Å². The molecule has 8 nitrogen and oxygen atoms in total. The van der Waals surface area contributed by atoms with Crippen LogP contribution in [0.4, 0.5) is 51.1 Å². The Morgan fingerprint density at radius 2 is 1.38 bits per heavy atom. The van der Waals surface area contributed by atoms with Gasteiger partial charge in [-0.15, -0.1) is 0 Å². The largest absolute Gasteiger partial charge is 0.488 e. The minimum Gasteiger partial charge on any atom is -0.488 e. The maximum atomic E-state index is 14.3. The fourth-order valence-corrected chi connectivity index (χ4v) is 7.30. The van der Waals surface area contributed by atoms with Crippen LogP contribution in [0.1, 0.15) is 85.4 Å². The number of anilines is 2. The molecule has 0 bridgehead atoms. The van der Waals surface area contributed by atoms with Crippen molar-refractivity contribution in [3.63, 3.8) is 0 Å². The summed E-state index contributed by atoms with van der Waals surface area (Å²) in [4.78, 5) is 24.4. The Bertz CT molecular complexity index is 1950. The molecule has 4 aromatic rings. The highest BCUT2D eigenvalue weighted by Gasteiger charge is 2.38. The minimum absolute atomic E-state index is 0.0123. The van der Waals surface area contributed by atoms with Crippen LogP contribution in [0.25, 0.3) is 0 Å². The number of ether oxygens (including phenoxy) is 3. The van der Waals surface area contributed by atoms with E-state index < -0.39 is 53.4 Å². The Labute approximate surface area is 342 Å². The molecule has 3 aromatic carbocycles. The van der Waals surface area contributed by atoms with Crippen molar-refractivity contribution in [2.45, 2.75) is 83.7 Å². The van der Waals surface area contributed by atoms with E-state index in [4.69, 9.17) is 14.2 Å². The van der Waals surface area contributed by atoms with Gasteiger partial charge in [-0.25, -0.2) is 9.97 Å². The van der Waals surface area contributed by atoms with Crippen molar-refractivity contribution in [3.05, 3.63) is 113 Å². The molecule has 1 unspecified atom stereocenters. The van der Waals surface area contributed by atoms with E-state index in [0.29, 0.717) is 30.9 Å². The van der Waals surface area contributed by atoms with Gasteiger partial charge in [0.25, 0.3) is 0 Å². The van der Waals surface area contributed by atoms with E-state index in [1.165, 1.54) is 37.4 Å². The maximum Gasteiger partial charge on any atom is 0.416 e. The molecular formula is C43H47F9N4O4. The highest BCUT2D eigenvalue weighted by Crippen LogP contribution is 2.41. The number of aromatic nitrogens is 2. The number of methoxy groups -OCH3 is 1. The molecule has 1 aliphatic rings. The van der Waals surface area contributed by atoms with Crippen molar-refractivity contribution in [2.75, 3.05) is 43.2 Å². The molecule has 0 N–H and O–H groups in total. The van der Waals surface area contributed by atoms with E-state index in [0.717, 1.165) is 43.4 Å². The van der Waals surface area contributed by atoms with Crippen molar-refractivity contribution in [2.24, 2.45) is 11.8 Å². The zero-order chi connectivity index (χ0) is 43.7. The first-order valence-corrected chi connectivity index (χ1v) is 19.5. The molecule has 5 rings (SSSR count). The summed E-state index contributed by atoms with van der Waals surface area (Å²) in [5.74, 6) is -0.0619. The summed E-state index contributed by atoms with van der Waals surface area (Å²) in [6.45, 7) is 4.07. The van der Waals surface area contributed by atoms with Crippen molar-refractivity contribution in [3.8, 4) is 5.75 Å². The molecule has 0 radical (unpaired) electrons. The average Bonchev–Trinajstić information content (AvgIpc) is 3.21. The number of alkyl halides is 9. The maximum absolute atomic E-state index is 14.3. The molecule has 17 heteroatoms. The number of carbonyl (C=O) groups excluding carboxylic acids is 1. The van der Waals surface area contributed by atoms with Gasteiger partial charge in [-0.2, -0.15) is 39.5 Å². The van der Waals surface area contributed by atoms with Crippen LogP contribution in [-0.2, 0) is 45.9 Å². The number of hydrogen-bond acceptors (Lipinski definition) is 8. The molecular weight excluding hydrogens is 807 g/mol. The number of benzene rings is 3. The predicted molar refractivity (Wildman–Crippen MR) is 206 cm³/mol. The Balaban J connectivity index is 1.44. The molecule has 0 saturated heterocycles. The normalized spacial score (nSPS) is 16.6. The molecule has 1 aliphatic carbocycles. The molecule has 1 aromatic heterocycles. The number of nitrogens with zero attached hydrogens (tertiary/aromatic N) is 4. The highest BCUT2D eigenvalue weighted by atomic mass is 19.4. The minimum atomic E-state index is -5.14. The molecule has 60 heavy (non-hydrogen) atoms. The Hall–Kier alpha value is -5.06. The molecule has 0 amide bonds. The fourth-order valence-electron chi connectivity index (χ4n) is 7.30. The molecule has 1 fully saturated rings. The van der Waals surface area contributed by atoms with Crippen LogP contribution in [0.15, 0.2) is 79.1 Å². The Kier molecular flexibility index (Phi) is 15.3. The third kappa shape index (κ3) is 12.7. The quantitative estimate of drug-likeness (QED) is 0.0590. The number of carbonyl (C=O) groups is 1. The summed E-state index contributed by atoms with van der Waals surface area (Å²) in [6.07, 6.45) is -9.32. The molecule has 0 spiro atoms. The van der Waals surface area contributed by atoms with Gasteiger partial charge in [-0.1, -0.05) is 30.3 Å². The van der Waals surface area contributed by atoms with Gasteiger partial charge < -0.3 is 24.0 Å². The zero-order valence-electron chi connectivity index (χ0n) is 33.3. The van der Waals surface area contributed by atoms with Gasteiger partial charge in [0.1, 0.15) is 13.2 Å². The number of esters is 1. The summed E-state index contributed by atoms with van der Waals surface area (Å²) in [7, 11) is 1.46. The second-order valence-electron chi connectivity index (χ2n) is 14.8. The zero-order valence-corrected chi connectivity index (χ0v) is 33.3. The molecule has 1 heterocycles. The third-order valence-corrected chi connectivity index (χ3v) is 10.6. The van der Waals surface area contributed by atoms with Gasteiger partial charge in [-0.05, 0) is 104 Å². The van der Waals surface area contributed by atoms with E-state index in [-0.39, 0.29) is 67.4 Å². The van der Waals surface area contributed by atoms with E-state index >= 15 is 0 Å². The van der Waals surface area contributed by atoms with E-state index in [1.54, 1.807) is 0 Å². The number of hydrogen-bond donors (Lipinski definition) is 0. The van der Waals surface area contributed by atoms with E-state index in [1.807, 2.05) is 42.2 Å². The van der Waals surface area contributed by atoms with Gasteiger partial charge in [-0.3, -0.25) is 4.79 Å².